The Balaban J connectivity index is 0.000000184. The molecule has 2 rings (SSSR count). The fraction of sp³-hybridized carbons (Fsp3) is 0.667. The van der Waals surface area contributed by atoms with E-state index in [1.54, 1.807) is 0 Å². The van der Waals surface area contributed by atoms with Crippen LogP contribution in [0.3, 0.4) is 0 Å². The van der Waals surface area contributed by atoms with Crippen molar-refractivity contribution in [3.8, 4) is 0 Å². The first-order valence-corrected chi connectivity index (χ1v) is 5.76. The van der Waals surface area contributed by atoms with Crippen LogP contribution in [0.4, 0.5) is 13.2 Å². The summed E-state index contributed by atoms with van der Waals surface area (Å²) >= 11 is 0. The van der Waals surface area contributed by atoms with Gasteiger partial charge in [-0.2, -0.15) is 13.2 Å². The Morgan fingerprint density at radius 2 is 2.11 bits per heavy atom. The van der Waals surface area contributed by atoms with Gasteiger partial charge in [0.05, 0.1) is 0 Å². The molecule has 2 heterocycles. The van der Waals surface area contributed by atoms with E-state index in [1.165, 1.54) is 19.4 Å². The molecular formula is C12H18F3NO2. The van der Waals surface area contributed by atoms with Crippen LogP contribution in [0.15, 0.2) is 16.5 Å². The maximum Gasteiger partial charge on any atom is 0.449 e. The summed E-state index contributed by atoms with van der Waals surface area (Å²) < 4.78 is 39.4. The molecule has 0 aromatic carbocycles. The van der Waals surface area contributed by atoms with E-state index >= 15 is 0 Å². The van der Waals surface area contributed by atoms with Crippen molar-refractivity contribution in [2.45, 2.75) is 19.5 Å². The van der Waals surface area contributed by atoms with E-state index in [1.807, 2.05) is 0 Å². The average Bonchev–Trinajstić information content (AvgIpc) is 2.87. The quantitative estimate of drug-likeness (QED) is 0.847. The summed E-state index contributed by atoms with van der Waals surface area (Å²) in [6, 6.07) is 2.19. The summed E-state index contributed by atoms with van der Waals surface area (Å²) in [5, 5.41) is 8.66. The van der Waals surface area contributed by atoms with Crippen molar-refractivity contribution in [3.63, 3.8) is 0 Å². The zero-order chi connectivity index (χ0) is 13.8. The molecular weight excluding hydrogens is 247 g/mol. The minimum absolute atomic E-state index is 0.271. The Labute approximate surface area is 104 Å². The van der Waals surface area contributed by atoms with Gasteiger partial charge < -0.3 is 14.4 Å². The SMILES string of the molecule is CN1CCC(CO)C1.Cc1ccc(C(F)(F)F)o1. The minimum atomic E-state index is -4.35. The highest BCUT2D eigenvalue weighted by atomic mass is 19.4. The molecule has 1 saturated heterocycles. The minimum Gasteiger partial charge on any atom is -0.457 e. The predicted octanol–water partition coefficient (Wildman–Crippen LogP) is 2.54. The summed E-state index contributed by atoms with van der Waals surface area (Å²) in [4.78, 5) is 2.25. The number of rotatable bonds is 1. The number of likely N-dealkylation sites (tertiary alicyclic amines) is 1. The molecule has 1 aliphatic rings. The molecule has 1 unspecified atom stereocenters. The second-order valence-electron chi connectivity index (χ2n) is 4.51. The van der Waals surface area contributed by atoms with E-state index in [2.05, 4.69) is 16.4 Å². The van der Waals surface area contributed by atoms with Crippen LogP contribution >= 0.6 is 0 Å². The topological polar surface area (TPSA) is 36.6 Å². The van der Waals surface area contributed by atoms with Gasteiger partial charge >= 0.3 is 6.18 Å². The number of hydrogen-bond donors (Lipinski definition) is 1. The number of alkyl halides is 3. The number of halogens is 3. The van der Waals surface area contributed by atoms with Crippen LogP contribution in [-0.2, 0) is 6.18 Å². The number of hydrogen-bond acceptors (Lipinski definition) is 3. The molecule has 1 fully saturated rings. The molecule has 104 valence electrons. The third-order valence-electron chi connectivity index (χ3n) is 2.77. The molecule has 1 aromatic heterocycles. The van der Waals surface area contributed by atoms with Gasteiger partial charge in [-0.1, -0.05) is 0 Å². The first-order chi connectivity index (χ1) is 8.32. The third-order valence-corrected chi connectivity index (χ3v) is 2.77. The van der Waals surface area contributed by atoms with Crippen molar-refractivity contribution < 1.29 is 22.7 Å². The van der Waals surface area contributed by atoms with Gasteiger partial charge in [0.2, 0.25) is 5.76 Å². The number of aliphatic hydroxyl groups is 1. The van der Waals surface area contributed by atoms with E-state index in [-0.39, 0.29) is 5.76 Å². The van der Waals surface area contributed by atoms with Gasteiger partial charge in [-0.15, -0.1) is 0 Å². The fourth-order valence-corrected chi connectivity index (χ4v) is 1.76. The average molecular weight is 265 g/mol. The standard InChI is InChI=1S/C6H5F3O.C6H13NO/c1-4-2-3-5(10-4)6(7,8)9;1-7-3-2-6(4-7)5-8/h2-3H,1H3;6,8H,2-5H2,1H3. The van der Waals surface area contributed by atoms with E-state index < -0.39 is 11.9 Å². The lowest BCUT2D eigenvalue weighted by molar-refractivity contribution is -0.153. The van der Waals surface area contributed by atoms with Crippen molar-refractivity contribution in [3.05, 3.63) is 23.7 Å². The highest BCUT2D eigenvalue weighted by Gasteiger charge is 2.34. The van der Waals surface area contributed by atoms with Gasteiger partial charge in [0, 0.05) is 13.2 Å². The molecule has 3 nitrogen and oxygen atoms in total. The Kier molecular flexibility index (Phi) is 5.22. The van der Waals surface area contributed by atoms with E-state index in [9.17, 15) is 13.2 Å². The molecule has 0 amide bonds. The van der Waals surface area contributed by atoms with Gasteiger partial charge in [0.15, 0.2) is 0 Å². The highest BCUT2D eigenvalue weighted by Crippen LogP contribution is 2.30. The second kappa shape index (κ2) is 6.24. The first kappa shape index (κ1) is 15.0. The number of furan rings is 1. The fourth-order valence-electron chi connectivity index (χ4n) is 1.76. The molecule has 0 radical (unpaired) electrons. The summed E-state index contributed by atoms with van der Waals surface area (Å²) in [6.45, 7) is 4.07. The van der Waals surface area contributed by atoms with Crippen molar-refractivity contribution in [1.29, 1.82) is 0 Å². The molecule has 1 aliphatic heterocycles. The summed E-state index contributed by atoms with van der Waals surface area (Å²) in [5.74, 6) is -0.114. The second-order valence-corrected chi connectivity index (χ2v) is 4.51. The van der Waals surface area contributed by atoms with Crippen LogP contribution in [0.25, 0.3) is 0 Å². The Hall–Kier alpha value is -1.01. The summed E-state index contributed by atoms with van der Waals surface area (Å²) in [7, 11) is 2.09. The lowest BCUT2D eigenvalue weighted by Crippen LogP contribution is -2.15. The van der Waals surface area contributed by atoms with E-state index in [0.29, 0.717) is 12.5 Å². The van der Waals surface area contributed by atoms with Crippen molar-refractivity contribution >= 4 is 0 Å². The van der Waals surface area contributed by atoms with Crippen molar-refractivity contribution in [2.24, 2.45) is 5.92 Å². The van der Waals surface area contributed by atoms with Gasteiger partial charge in [0.1, 0.15) is 5.76 Å². The first-order valence-electron chi connectivity index (χ1n) is 5.76. The van der Waals surface area contributed by atoms with Gasteiger partial charge in [-0.3, -0.25) is 0 Å². The Morgan fingerprint density at radius 3 is 2.33 bits per heavy atom. The van der Waals surface area contributed by atoms with Crippen LogP contribution in [0.1, 0.15) is 17.9 Å². The lowest BCUT2D eigenvalue weighted by atomic mass is 10.1. The third kappa shape index (κ3) is 4.70. The predicted molar refractivity (Wildman–Crippen MR) is 61.1 cm³/mol. The molecule has 1 aromatic rings. The molecule has 0 aliphatic carbocycles. The highest BCUT2D eigenvalue weighted by molar-refractivity contribution is 5.08. The van der Waals surface area contributed by atoms with Crippen LogP contribution in [0.5, 0.6) is 0 Å². The zero-order valence-corrected chi connectivity index (χ0v) is 10.5. The van der Waals surface area contributed by atoms with Crippen molar-refractivity contribution in [1.82, 2.24) is 4.90 Å². The van der Waals surface area contributed by atoms with Crippen LogP contribution in [-0.4, -0.2) is 36.8 Å². The zero-order valence-electron chi connectivity index (χ0n) is 10.5. The number of nitrogens with zero attached hydrogens (tertiary/aromatic N) is 1. The van der Waals surface area contributed by atoms with Gasteiger partial charge in [-0.25, -0.2) is 0 Å². The Bertz CT molecular complexity index is 362. The lowest BCUT2D eigenvalue weighted by Gasteiger charge is -2.05. The van der Waals surface area contributed by atoms with Crippen molar-refractivity contribution in [2.75, 3.05) is 26.7 Å². The molecule has 6 heteroatoms. The maximum atomic E-state index is 11.7. The van der Waals surface area contributed by atoms with E-state index in [0.717, 1.165) is 19.2 Å². The molecule has 1 atom stereocenters. The Morgan fingerprint density at radius 1 is 1.44 bits per heavy atom. The smallest absolute Gasteiger partial charge is 0.449 e. The molecule has 1 N–H and O–H groups in total. The summed E-state index contributed by atoms with van der Waals surface area (Å²) in [5.41, 5.74) is 0. The van der Waals surface area contributed by atoms with Crippen LogP contribution < -0.4 is 0 Å². The number of aliphatic hydroxyl groups excluding tert-OH is 1. The van der Waals surface area contributed by atoms with E-state index in [4.69, 9.17) is 5.11 Å². The van der Waals surface area contributed by atoms with Gasteiger partial charge in [-0.05, 0) is 45.0 Å². The van der Waals surface area contributed by atoms with Gasteiger partial charge in [0.25, 0.3) is 0 Å². The largest absolute Gasteiger partial charge is 0.457 e. The molecule has 0 spiro atoms. The molecule has 18 heavy (non-hydrogen) atoms. The normalized spacial score (nSPS) is 20.7. The van der Waals surface area contributed by atoms with Crippen LogP contribution in [0.2, 0.25) is 0 Å². The van der Waals surface area contributed by atoms with Crippen LogP contribution in [0, 0.1) is 12.8 Å². The molecule has 0 bridgehead atoms. The number of aryl methyl sites for hydroxylation is 1. The summed E-state index contributed by atoms with van der Waals surface area (Å²) in [6.07, 6.45) is -3.18. The maximum absolute atomic E-state index is 11.7. The monoisotopic (exact) mass is 265 g/mol. The molecule has 0 saturated carbocycles.